The molecular weight excluding hydrogens is 307 g/mol. The van der Waals surface area contributed by atoms with Gasteiger partial charge in [-0.2, -0.15) is 4.31 Å². The van der Waals surface area contributed by atoms with Gasteiger partial charge < -0.3 is 4.90 Å². The van der Waals surface area contributed by atoms with Gasteiger partial charge in [-0.3, -0.25) is 4.79 Å². The van der Waals surface area contributed by atoms with Crippen molar-refractivity contribution < 1.29 is 17.6 Å². The SMILES string of the molecule is C[C@@H]1C(=O)N2CCC[C@@H]2CN1S(=O)(=O)Cc1ccc(F)cc1. The van der Waals surface area contributed by atoms with Crippen LogP contribution >= 0.6 is 0 Å². The highest BCUT2D eigenvalue weighted by Crippen LogP contribution is 2.28. The lowest BCUT2D eigenvalue weighted by atomic mass is 10.1. The van der Waals surface area contributed by atoms with Crippen LogP contribution in [0.3, 0.4) is 0 Å². The van der Waals surface area contributed by atoms with E-state index in [0.29, 0.717) is 12.1 Å². The van der Waals surface area contributed by atoms with Gasteiger partial charge in [0.1, 0.15) is 11.9 Å². The topological polar surface area (TPSA) is 57.7 Å². The Hall–Kier alpha value is -1.47. The first-order valence-electron chi connectivity index (χ1n) is 7.43. The van der Waals surface area contributed by atoms with Crippen molar-refractivity contribution in [3.05, 3.63) is 35.6 Å². The minimum absolute atomic E-state index is 0.00769. The number of amides is 1. The zero-order valence-electron chi connectivity index (χ0n) is 12.4. The summed E-state index contributed by atoms with van der Waals surface area (Å²) in [7, 11) is -3.61. The van der Waals surface area contributed by atoms with Crippen molar-refractivity contribution in [2.45, 2.75) is 37.6 Å². The summed E-state index contributed by atoms with van der Waals surface area (Å²) in [6.07, 6.45) is 1.77. The van der Waals surface area contributed by atoms with Crippen molar-refractivity contribution in [2.75, 3.05) is 13.1 Å². The van der Waals surface area contributed by atoms with Gasteiger partial charge in [0.15, 0.2) is 0 Å². The number of halogens is 1. The Morgan fingerprint density at radius 1 is 1.27 bits per heavy atom. The molecule has 5 nitrogen and oxygen atoms in total. The molecule has 2 saturated heterocycles. The number of carbonyl (C=O) groups excluding carboxylic acids is 1. The van der Waals surface area contributed by atoms with Gasteiger partial charge >= 0.3 is 0 Å². The van der Waals surface area contributed by atoms with Crippen molar-refractivity contribution in [2.24, 2.45) is 0 Å². The van der Waals surface area contributed by atoms with Crippen LogP contribution in [0.4, 0.5) is 4.39 Å². The molecule has 0 aliphatic carbocycles. The largest absolute Gasteiger partial charge is 0.337 e. The van der Waals surface area contributed by atoms with Crippen molar-refractivity contribution in [3.63, 3.8) is 0 Å². The van der Waals surface area contributed by atoms with Gasteiger partial charge in [-0.1, -0.05) is 12.1 Å². The number of hydrogen-bond donors (Lipinski definition) is 0. The highest BCUT2D eigenvalue weighted by atomic mass is 32.2. The molecule has 0 radical (unpaired) electrons. The van der Waals surface area contributed by atoms with E-state index in [2.05, 4.69) is 0 Å². The van der Waals surface area contributed by atoms with E-state index in [9.17, 15) is 17.6 Å². The lowest BCUT2D eigenvalue weighted by Gasteiger charge is -2.40. The molecule has 0 unspecified atom stereocenters. The molecule has 120 valence electrons. The van der Waals surface area contributed by atoms with Crippen molar-refractivity contribution in [3.8, 4) is 0 Å². The van der Waals surface area contributed by atoms with Crippen molar-refractivity contribution >= 4 is 15.9 Å². The second-order valence-corrected chi connectivity index (χ2v) is 7.88. The van der Waals surface area contributed by atoms with E-state index in [1.807, 2.05) is 0 Å². The molecule has 2 fully saturated rings. The fourth-order valence-corrected chi connectivity index (χ4v) is 5.02. The molecule has 22 heavy (non-hydrogen) atoms. The molecule has 0 saturated carbocycles. The quantitative estimate of drug-likeness (QED) is 0.842. The van der Waals surface area contributed by atoms with Gasteiger partial charge in [-0.15, -0.1) is 0 Å². The summed E-state index contributed by atoms with van der Waals surface area (Å²) in [5.74, 6) is -0.724. The van der Waals surface area contributed by atoms with Gasteiger partial charge in [0.05, 0.1) is 5.75 Å². The smallest absolute Gasteiger partial charge is 0.241 e. The normalized spacial score (nSPS) is 26.3. The van der Waals surface area contributed by atoms with Crippen molar-refractivity contribution in [1.29, 1.82) is 0 Å². The number of piperazine rings is 1. The number of benzene rings is 1. The maximum absolute atomic E-state index is 12.9. The third-order valence-corrected chi connectivity index (χ3v) is 6.34. The Labute approximate surface area is 129 Å². The molecule has 0 bridgehead atoms. The third-order valence-electron chi connectivity index (χ3n) is 4.46. The first kappa shape index (κ1) is 15.4. The molecule has 2 aliphatic rings. The van der Waals surface area contributed by atoms with Crippen LogP contribution in [0.15, 0.2) is 24.3 Å². The lowest BCUT2D eigenvalue weighted by Crippen LogP contribution is -2.60. The molecular formula is C15H19FN2O3S. The molecule has 0 N–H and O–H groups in total. The summed E-state index contributed by atoms with van der Waals surface area (Å²) >= 11 is 0. The Balaban J connectivity index is 1.82. The number of nitrogens with zero attached hydrogens (tertiary/aromatic N) is 2. The maximum atomic E-state index is 12.9. The highest BCUT2D eigenvalue weighted by molar-refractivity contribution is 7.88. The van der Waals surface area contributed by atoms with Crippen LogP contribution in [-0.2, 0) is 20.6 Å². The van der Waals surface area contributed by atoms with Crippen LogP contribution in [0.2, 0.25) is 0 Å². The van der Waals surface area contributed by atoms with E-state index in [4.69, 9.17) is 0 Å². The van der Waals surface area contributed by atoms with E-state index < -0.39 is 21.9 Å². The summed E-state index contributed by atoms with van der Waals surface area (Å²) in [5, 5.41) is 0. The summed E-state index contributed by atoms with van der Waals surface area (Å²) < 4.78 is 39.5. The zero-order chi connectivity index (χ0) is 15.9. The third kappa shape index (κ3) is 2.75. The number of sulfonamides is 1. The Kier molecular flexibility index (Phi) is 3.94. The average molecular weight is 326 g/mol. The Bertz CT molecular complexity index is 675. The molecule has 0 spiro atoms. The monoisotopic (exact) mass is 326 g/mol. The van der Waals surface area contributed by atoms with Crippen molar-refractivity contribution in [1.82, 2.24) is 9.21 Å². The summed E-state index contributed by atoms with van der Waals surface area (Å²) in [5.41, 5.74) is 0.523. The van der Waals surface area contributed by atoms with Crippen LogP contribution < -0.4 is 0 Å². The van der Waals surface area contributed by atoms with Gasteiger partial charge in [-0.25, -0.2) is 12.8 Å². The van der Waals surface area contributed by atoms with E-state index in [0.717, 1.165) is 19.4 Å². The molecule has 3 rings (SSSR count). The van der Waals surface area contributed by atoms with E-state index in [1.165, 1.54) is 28.6 Å². The maximum Gasteiger partial charge on any atom is 0.241 e. The second kappa shape index (κ2) is 5.62. The number of fused-ring (bicyclic) bond motifs is 1. The van der Waals surface area contributed by atoms with Gasteiger partial charge in [0.25, 0.3) is 0 Å². The first-order valence-corrected chi connectivity index (χ1v) is 9.04. The standard InChI is InChI=1S/C15H19FN2O3S/c1-11-15(19)17-8-2-3-14(17)9-18(11)22(20,21)10-12-4-6-13(16)7-5-12/h4-7,11,14H,2-3,8-10H2,1H3/t11-,14-/m1/s1. The molecule has 1 amide bonds. The number of carbonyl (C=O) groups is 1. The van der Waals surface area contributed by atoms with Crippen LogP contribution in [0, 0.1) is 5.82 Å². The number of rotatable bonds is 3. The lowest BCUT2D eigenvalue weighted by molar-refractivity contribution is -0.139. The predicted molar refractivity (Wildman–Crippen MR) is 79.9 cm³/mol. The average Bonchev–Trinajstić information content (AvgIpc) is 2.93. The summed E-state index contributed by atoms with van der Waals surface area (Å²) in [6.45, 7) is 2.72. The van der Waals surface area contributed by atoms with Crippen LogP contribution in [-0.4, -0.2) is 48.7 Å². The second-order valence-electron chi connectivity index (χ2n) is 5.96. The van der Waals surface area contributed by atoms with Gasteiger partial charge in [-0.05, 0) is 37.5 Å². The first-order chi connectivity index (χ1) is 10.4. The summed E-state index contributed by atoms with van der Waals surface area (Å²) in [4.78, 5) is 14.1. The molecule has 0 aromatic heterocycles. The summed E-state index contributed by atoms with van der Waals surface area (Å²) in [6, 6.07) is 4.74. The molecule has 2 atom stereocenters. The predicted octanol–water partition coefficient (Wildman–Crippen LogP) is 1.35. The van der Waals surface area contributed by atoms with Crippen LogP contribution in [0.25, 0.3) is 0 Å². The molecule has 1 aromatic rings. The van der Waals surface area contributed by atoms with Gasteiger partial charge in [0, 0.05) is 19.1 Å². The van der Waals surface area contributed by atoms with E-state index in [-0.39, 0.29) is 17.7 Å². The highest BCUT2D eigenvalue weighted by Gasteiger charge is 2.44. The van der Waals surface area contributed by atoms with Crippen LogP contribution in [0.5, 0.6) is 0 Å². The van der Waals surface area contributed by atoms with Gasteiger partial charge in [0.2, 0.25) is 15.9 Å². The van der Waals surface area contributed by atoms with Crippen LogP contribution in [0.1, 0.15) is 25.3 Å². The van der Waals surface area contributed by atoms with E-state index in [1.54, 1.807) is 11.8 Å². The minimum Gasteiger partial charge on any atom is -0.337 e. The Morgan fingerprint density at radius 3 is 2.64 bits per heavy atom. The van der Waals surface area contributed by atoms with E-state index >= 15 is 0 Å². The molecule has 7 heteroatoms. The fraction of sp³-hybridized carbons (Fsp3) is 0.533. The Morgan fingerprint density at radius 2 is 1.95 bits per heavy atom. The minimum atomic E-state index is -3.61. The fourth-order valence-electron chi connectivity index (χ4n) is 3.27. The zero-order valence-corrected chi connectivity index (χ0v) is 13.2. The molecule has 2 aliphatic heterocycles. The molecule has 1 aromatic carbocycles. The molecule has 2 heterocycles. The number of hydrogen-bond acceptors (Lipinski definition) is 3.